The maximum atomic E-state index is 12.8. The van der Waals surface area contributed by atoms with Crippen LogP contribution >= 0.6 is 11.6 Å². The molecule has 1 aliphatic rings. The average Bonchev–Trinajstić information content (AvgIpc) is 2.82. The van der Waals surface area contributed by atoms with Crippen LogP contribution in [0.15, 0.2) is 54.6 Å². The molecule has 1 aromatic heterocycles. The molecule has 0 bridgehead atoms. The van der Waals surface area contributed by atoms with Crippen molar-refractivity contribution in [2.24, 2.45) is 0 Å². The van der Waals surface area contributed by atoms with E-state index in [1.807, 2.05) is 37.3 Å². The minimum Gasteiger partial charge on any atom is -0.478 e. The minimum absolute atomic E-state index is 0.264. The summed E-state index contributed by atoms with van der Waals surface area (Å²) in [5.41, 5.74) is 1.28. The number of nitrogens with zero attached hydrogens (tertiary/aromatic N) is 3. The largest absolute Gasteiger partial charge is 0.478 e. The Morgan fingerprint density at radius 1 is 1.03 bits per heavy atom. The van der Waals surface area contributed by atoms with E-state index in [1.165, 1.54) is 0 Å². The molecule has 3 aromatic rings. The number of carbonyl (C=O) groups is 1. The van der Waals surface area contributed by atoms with Crippen LogP contribution in [0.2, 0.25) is 5.02 Å². The van der Waals surface area contributed by atoms with Crippen molar-refractivity contribution in [3.05, 3.63) is 65.3 Å². The Morgan fingerprint density at radius 3 is 2.35 bits per heavy atom. The van der Waals surface area contributed by atoms with Crippen molar-refractivity contribution in [1.82, 2.24) is 9.97 Å². The van der Waals surface area contributed by atoms with Crippen molar-refractivity contribution < 1.29 is 14.3 Å². The van der Waals surface area contributed by atoms with Gasteiger partial charge in [0.2, 0.25) is 5.95 Å². The molecule has 0 unspecified atom stereocenters. The number of rotatable bonds is 7. The maximum absolute atomic E-state index is 12.8. The first kappa shape index (κ1) is 23.8. The lowest BCUT2D eigenvalue weighted by atomic mass is 10.1. The molecular weight excluding hydrogens is 454 g/mol. The van der Waals surface area contributed by atoms with Crippen LogP contribution in [0, 0.1) is 6.92 Å². The van der Waals surface area contributed by atoms with Gasteiger partial charge < -0.3 is 25.0 Å². The Bertz CT molecular complexity index is 1130. The molecule has 0 aliphatic carbocycles. The van der Waals surface area contributed by atoms with E-state index in [-0.39, 0.29) is 5.91 Å². The summed E-state index contributed by atoms with van der Waals surface area (Å²) in [6, 6.07) is 16.2. The van der Waals surface area contributed by atoms with Crippen LogP contribution in [0.4, 0.5) is 23.1 Å². The Hall–Kier alpha value is -3.36. The molecular formula is C25H28ClN5O3. The highest BCUT2D eigenvalue weighted by Crippen LogP contribution is 2.24. The number of amides is 1. The van der Waals surface area contributed by atoms with Crippen LogP contribution in [0.3, 0.4) is 0 Å². The number of ether oxygens (including phenoxy) is 2. The molecule has 178 valence electrons. The van der Waals surface area contributed by atoms with Gasteiger partial charge in [-0.05, 0) is 69.3 Å². The van der Waals surface area contributed by atoms with Crippen molar-refractivity contribution in [3.8, 4) is 5.75 Å². The summed E-state index contributed by atoms with van der Waals surface area (Å²) in [6.45, 7) is 8.39. The average molecular weight is 482 g/mol. The van der Waals surface area contributed by atoms with Gasteiger partial charge in [-0.15, -0.1) is 0 Å². The molecule has 2 aromatic carbocycles. The molecule has 34 heavy (non-hydrogen) atoms. The van der Waals surface area contributed by atoms with Crippen molar-refractivity contribution in [1.29, 1.82) is 0 Å². The molecule has 2 N–H and O–H groups in total. The van der Waals surface area contributed by atoms with Crippen LogP contribution in [0.1, 0.15) is 19.5 Å². The van der Waals surface area contributed by atoms with Gasteiger partial charge in [0.05, 0.1) is 13.2 Å². The Balaban J connectivity index is 1.38. The molecule has 4 rings (SSSR count). The molecule has 9 heteroatoms. The third kappa shape index (κ3) is 6.15. The van der Waals surface area contributed by atoms with Gasteiger partial charge in [-0.25, -0.2) is 4.98 Å². The zero-order valence-corrected chi connectivity index (χ0v) is 20.2. The SMILES string of the molecule is Cc1cc(N2CCOCC2)nc(Nc2ccc(NC(=O)C(C)(C)Oc3ccc(Cl)cc3)cc2)n1. The van der Waals surface area contributed by atoms with Gasteiger partial charge in [0.25, 0.3) is 5.91 Å². The third-order valence-electron chi connectivity index (χ3n) is 5.31. The summed E-state index contributed by atoms with van der Waals surface area (Å²) in [5.74, 6) is 1.71. The quantitative estimate of drug-likeness (QED) is 0.500. The van der Waals surface area contributed by atoms with E-state index in [1.54, 1.807) is 38.1 Å². The summed E-state index contributed by atoms with van der Waals surface area (Å²) in [5, 5.41) is 6.75. The molecule has 0 spiro atoms. The van der Waals surface area contributed by atoms with Gasteiger partial charge in [-0.1, -0.05) is 11.6 Å². The van der Waals surface area contributed by atoms with Crippen LogP contribution < -0.4 is 20.3 Å². The number of anilines is 4. The number of hydrogen-bond acceptors (Lipinski definition) is 7. The number of hydrogen-bond donors (Lipinski definition) is 2. The topological polar surface area (TPSA) is 88.6 Å². The number of morpholine rings is 1. The van der Waals surface area contributed by atoms with E-state index in [0.29, 0.717) is 35.6 Å². The molecule has 0 saturated carbocycles. The van der Waals surface area contributed by atoms with E-state index < -0.39 is 5.60 Å². The van der Waals surface area contributed by atoms with E-state index in [9.17, 15) is 4.79 Å². The van der Waals surface area contributed by atoms with Crippen LogP contribution in [0.5, 0.6) is 5.75 Å². The molecule has 1 aliphatic heterocycles. The number of benzene rings is 2. The fourth-order valence-corrected chi connectivity index (χ4v) is 3.58. The summed E-state index contributed by atoms with van der Waals surface area (Å²) in [6.07, 6.45) is 0. The van der Waals surface area contributed by atoms with E-state index >= 15 is 0 Å². The molecule has 2 heterocycles. The number of carbonyl (C=O) groups excluding carboxylic acids is 1. The zero-order chi connectivity index (χ0) is 24.1. The van der Waals surface area contributed by atoms with Crippen molar-refractivity contribution in [3.63, 3.8) is 0 Å². The summed E-state index contributed by atoms with van der Waals surface area (Å²) >= 11 is 5.91. The van der Waals surface area contributed by atoms with E-state index in [0.717, 1.165) is 30.3 Å². The highest BCUT2D eigenvalue weighted by atomic mass is 35.5. The molecule has 0 radical (unpaired) electrons. The van der Waals surface area contributed by atoms with Gasteiger partial charge in [-0.3, -0.25) is 4.79 Å². The maximum Gasteiger partial charge on any atom is 0.267 e. The lowest BCUT2D eigenvalue weighted by Gasteiger charge is -2.28. The predicted octanol–water partition coefficient (Wildman–Crippen LogP) is 4.81. The summed E-state index contributed by atoms with van der Waals surface area (Å²) < 4.78 is 11.3. The Labute approximate surface area is 204 Å². The third-order valence-corrected chi connectivity index (χ3v) is 5.56. The predicted molar refractivity (Wildman–Crippen MR) is 134 cm³/mol. The first-order chi connectivity index (χ1) is 16.3. The standard InChI is InChI=1S/C25H28ClN5O3/c1-17-16-22(31-12-14-33-15-13-31)30-24(27-17)29-20-8-6-19(7-9-20)28-23(32)25(2,3)34-21-10-4-18(26)5-11-21/h4-11,16H,12-15H2,1-3H3,(H,28,32)(H,27,29,30). The fraction of sp³-hybridized carbons (Fsp3) is 0.320. The first-order valence-corrected chi connectivity index (χ1v) is 11.5. The first-order valence-electron chi connectivity index (χ1n) is 11.1. The van der Waals surface area contributed by atoms with Gasteiger partial charge >= 0.3 is 0 Å². The van der Waals surface area contributed by atoms with Gasteiger partial charge in [0, 0.05) is 41.2 Å². The van der Waals surface area contributed by atoms with Crippen molar-refractivity contribution >= 4 is 40.6 Å². The van der Waals surface area contributed by atoms with Crippen LogP contribution in [-0.4, -0.2) is 47.8 Å². The normalized spacial score (nSPS) is 13.9. The minimum atomic E-state index is -1.07. The number of aromatic nitrogens is 2. The molecule has 1 amide bonds. The van der Waals surface area contributed by atoms with Crippen molar-refractivity contribution in [2.45, 2.75) is 26.4 Å². The molecule has 8 nitrogen and oxygen atoms in total. The highest BCUT2D eigenvalue weighted by molar-refractivity contribution is 6.30. The number of aryl methyl sites for hydroxylation is 1. The summed E-state index contributed by atoms with van der Waals surface area (Å²) in [4.78, 5) is 24.1. The van der Waals surface area contributed by atoms with E-state index in [2.05, 4.69) is 25.5 Å². The number of halogens is 1. The lowest BCUT2D eigenvalue weighted by Crippen LogP contribution is -2.42. The Morgan fingerprint density at radius 2 is 1.68 bits per heavy atom. The van der Waals surface area contributed by atoms with Gasteiger partial charge in [0.1, 0.15) is 11.6 Å². The number of nitrogens with one attached hydrogen (secondary N) is 2. The van der Waals surface area contributed by atoms with Crippen molar-refractivity contribution in [2.75, 3.05) is 41.8 Å². The van der Waals surface area contributed by atoms with Gasteiger partial charge in [0.15, 0.2) is 5.60 Å². The molecule has 1 fully saturated rings. The second-order valence-corrected chi connectivity index (χ2v) is 8.95. The monoisotopic (exact) mass is 481 g/mol. The highest BCUT2D eigenvalue weighted by Gasteiger charge is 2.30. The van der Waals surface area contributed by atoms with Gasteiger partial charge in [-0.2, -0.15) is 4.98 Å². The van der Waals surface area contributed by atoms with Crippen LogP contribution in [0.25, 0.3) is 0 Å². The Kier molecular flexibility index (Phi) is 7.19. The summed E-state index contributed by atoms with van der Waals surface area (Å²) in [7, 11) is 0. The lowest BCUT2D eigenvalue weighted by molar-refractivity contribution is -0.128. The van der Waals surface area contributed by atoms with Crippen LogP contribution in [-0.2, 0) is 9.53 Å². The molecule has 1 saturated heterocycles. The molecule has 0 atom stereocenters. The second-order valence-electron chi connectivity index (χ2n) is 8.51. The van der Waals surface area contributed by atoms with E-state index in [4.69, 9.17) is 21.1 Å². The fourth-order valence-electron chi connectivity index (χ4n) is 3.45. The zero-order valence-electron chi connectivity index (χ0n) is 19.5. The smallest absolute Gasteiger partial charge is 0.267 e. The second kappa shape index (κ2) is 10.3.